The molecule has 0 saturated heterocycles. The number of ether oxygens (including phenoxy) is 1. The van der Waals surface area contributed by atoms with Crippen molar-refractivity contribution in [3.8, 4) is 0 Å². The molecule has 0 amide bonds. The van der Waals surface area contributed by atoms with Crippen LogP contribution in [0.1, 0.15) is 12.5 Å². The monoisotopic (exact) mass is 241 g/mol. The van der Waals surface area contributed by atoms with Crippen LogP contribution in [0.25, 0.3) is 0 Å². The second kappa shape index (κ2) is 6.69. The Bertz CT molecular complexity index is 329. The molecule has 1 atom stereocenters. The largest absolute Gasteiger partial charge is 0.394 e. The molecule has 0 heterocycles. The molecule has 0 spiro atoms. The van der Waals surface area contributed by atoms with Gasteiger partial charge in [-0.3, -0.25) is 0 Å². The van der Waals surface area contributed by atoms with Gasteiger partial charge in [0, 0.05) is 19.2 Å². The summed E-state index contributed by atoms with van der Waals surface area (Å²) in [6.45, 7) is 3.23. The highest BCUT2D eigenvalue weighted by Gasteiger charge is 2.22. The molecular formula is C13H20FNO2. The maximum Gasteiger partial charge on any atom is 0.123 e. The molecule has 0 saturated carbocycles. The van der Waals surface area contributed by atoms with E-state index in [0.717, 1.165) is 5.56 Å². The van der Waals surface area contributed by atoms with Crippen LogP contribution in [-0.4, -0.2) is 37.5 Å². The molecule has 1 aromatic rings. The fraction of sp³-hybridized carbons (Fsp3) is 0.538. The molecule has 0 aliphatic rings. The van der Waals surface area contributed by atoms with Gasteiger partial charge < -0.3 is 15.2 Å². The third-order valence-corrected chi connectivity index (χ3v) is 2.71. The van der Waals surface area contributed by atoms with Gasteiger partial charge in [0.05, 0.1) is 13.2 Å². The first-order valence-electron chi connectivity index (χ1n) is 5.69. The molecule has 0 radical (unpaired) electrons. The van der Waals surface area contributed by atoms with Crippen LogP contribution in [0.2, 0.25) is 0 Å². The Morgan fingerprint density at radius 1 is 1.35 bits per heavy atom. The second-order valence-electron chi connectivity index (χ2n) is 4.44. The van der Waals surface area contributed by atoms with Crippen LogP contribution in [0.3, 0.4) is 0 Å². The average molecular weight is 241 g/mol. The topological polar surface area (TPSA) is 41.5 Å². The lowest BCUT2D eigenvalue weighted by Crippen LogP contribution is -2.48. The Hall–Kier alpha value is -0.970. The summed E-state index contributed by atoms with van der Waals surface area (Å²) in [5.74, 6) is -0.244. The van der Waals surface area contributed by atoms with Crippen molar-refractivity contribution < 1.29 is 14.2 Å². The number of methoxy groups -OCH3 is 1. The molecule has 0 aromatic heterocycles. The third-order valence-electron chi connectivity index (χ3n) is 2.71. The van der Waals surface area contributed by atoms with E-state index in [9.17, 15) is 9.50 Å². The van der Waals surface area contributed by atoms with Gasteiger partial charge in [-0.1, -0.05) is 12.1 Å². The molecule has 0 aliphatic carbocycles. The summed E-state index contributed by atoms with van der Waals surface area (Å²) in [5.41, 5.74) is 0.587. The Kier molecular flexibility index (Phi) is 5.55. The summed E-state index contributed by atoms with van der Waals surface area (Å²) >= 11 is 0. The van der Waals surface area contributed by atoms with Crippen molar-refractivity contribution in [2.24, 2.45) is 0 Å². The molecule has 0 fully saturated rings. The van der Waals surface area contributed by atoms with Crippen LogP contribution < -0.4 is 5.32 Å². The average Bonchev–Trinajstić information content (AvgIpc) is 2.33. The van der Waals surface area contributed by atoms with Gasteiger partial charge in [0.1, 0.15) is 5.82 Å². The van der Waals surface area contributed by atoms with Gasteiger partial charge >= 0.3 is 0 Å². The predicted molar refractivity (Wildman–Crippen MR) is 65.5 cm³/mol. The van der Waals surface area contributed by atoms with Gasteiger partial charge in [-0.05, 0) is 31.0 Å². The number of nitrogens with one attached hydrogen (secondary N) is 1. The van der Waals surface area contributed by atoms with Crippen molar-refractivity contribution in [3.63, 3.8) is 0 Å². The Balaban J connectivity index is 2.58. The van der Waals surface area contributed by atoms with Crippen LogP contribution >= 0.6 is 0 Å². The first-order valence-corrected chi connectivity index (χ1v) is 5.69. The number of aliphatic hydroxyl groups is 1. The van der Waals surface area contributed by atoms with Crippen LogP contribution in [0.4, 0.5) is 4.39 Å². The molecule has 2 N–H and O–H groups in total. The van der Waals surface area contributed by atoms with Gasteiger partial charge in [0.25, 0.3) is 0 Å². The van der Waals surface area contributed by atoms with E-state index in [0.29, 0.717) is 19.6 Å². The van der Waals surface area contributed by atoms with Crippen LogP contribution in [0, 0.1) is 5.82 Å². The van der Waals surface area contributed by atoms with E-state index in [1.54, 1.807) is 19.2 Å². The highest BCUT2D eigenvalue weighted by atomic mass is 19.1. The van der Waals surface area contributed by atoms with E-state index in [2.05, 4.69) is 5.32 Å². The van der Waals surface area contributed by atoms with Gasteiger partial charge in [0.15, 0.2) is 0 Å². The van der Waals surface area contributed by atoms with Crippen molar-refractivity contribution in [1.82, 2.24) is 5.32 Å². The maximum absolute atomic E-state index is 12.8. The van der Waals surface area contributed by atoms with Crippen LogP contribution in [0.15, 0.2) is 24.3 Å². The van der Waals surface area contributed by atoms with E-state index in [1.165, 1.54) is 12.1 Å². The van der Waals surface area contributed by atoms with Crippen LogP contribution in [0.5, 0.6) is 0 Å². The number of hydrogen-bond acceptors (Lipinski definition) is 3. The molecule has 0 aliphatic heterocycles. The molecule has 96 valence electrons. The first-order chi connectivity index (χ1) is 8.09. The molecule has 0 bridgehead atoms. The summed E-state index contributed by atoms with van der Waals surface area (Å²) in [5, 5.41) is 12.7. The highest BCUT2D eigenvalue weighted by Crippen LogP contribution is 2.13. The summed E-state index contributed by atoms with van der Waals surface area (Å²) in [6, 6.07) is 6.34. The molecular weight excluding hydrogens is 221 g/mol. The highest BCUT2D eigenvalue weighted by molar-refractivity contribution is 5.18. The van der Waals surface area contributed by atoms with E-state index in [-0.39, 0.29) is 12.4 Å². The Morgan fingerprint density at radius 2 is 2.00 bits per heavy atom. The summed E-state index contributed by atoms with van der Waals surface area (Å²) in [4.78, 5) is 0. The van der Waals surface area contributed by atoms with Gasteiger partial charge in [-0.25, -0.2) is 4.39 Å². The minimum Gasteiger partial charge on any atom is -0.394 e. The molecule has 4 heteroatoms. The van der Waals surface area contributed by atoms with E-state index >= 15 is 0 Å². The fourth-order valence-electron chi connectivity index (χ4n) is 1.68. The first kappa shape index (κ1) is 14.1. The zero-order chi connectivity index (χ0) is 12.7. The lowest BCUT2D eigenvalue weighted by Gasteiger charge is -2.29. The molecule has 17 heavy (non-hydrogen) atoms. The zero-order valence-corrected chi connectivity index (χ0v) is 10.4. The lowest BCUT2D eigenvalue weighted by atomic mass is 9.93. The van der Waals surface area contributed by atoms with Crippen molar-refractivity contribution >= 4 is 0 Å². The second-order valence-corrected chi connectivity index (χ2v) is 4.44. The molecule has 1 rings (SSSR count). The molecule has 3 nitrogen and oxygen atoms in total. The SMILES string of the molecule is COCCNC(C)(CO)Cc1ccc(F)cc1. The normalized spacial score (nSPS) is 14.6. The number of hydrogen-bond donors (Lipinski definition) is 2. The maximum atomic E-state index is 12.8. The summed E-state index contributed by atoms with van der Waals surface area (Å²) in [6.07, 6.45) is 0.646. The molecule has 1 unspecified atom stereocenters. The van der Waals surface area contributed by atoms with Crippen LogP contribution in [-0.2, 0) is 11.2 Å². The minimum absolute atomic E-state index is 0.0219. The molecule has 1 aromatic carbocycles. The lowest BCUT2D eigenvalue weighted by molar-refractivity contribution is 0.147. The smallest absolute Gasteiger partial charge is 0.123 e. The predicted octanol–water partition coefficient (Wildman–Crippen LogP) is 1.36. The quantitative estimate of drug-likeness (QED) is 0.708. The van der Waals surface area contributed by atoms with E-state index < -0.39 is 5.54 Å². The fourth-order valence-corrected chi connectivity index (χ4v) is 1.68. The number of aliphatic hydroxyl groups excluding tert-OH is 1. The van der Waals surface area contributed by atoms with Gasteiger partial charge in [-0.15, -0.1) is 0 Å². The third kappa shape index (κ3) is 4.81. The van der Waals surface area contributed by atoms with Crippen molar-refractivity contribution in [3.05, 3.63) is 35.6 Å². The Morgan fingerprint density at radius 3 is 2.53 bits per heavy atom. The van der Waals surface area contributed by atoms with E-state index in [4.69, 9.17) is 4.74 Å². The summed E-state index contributed by atoms with van der Waals surface area (Å²) in [7, 11) is 1.64. The van der Waals surface area contributed by atoms with Crippen molar-refractivity contribution in [2.75, 3.05) is 26.9 Å². The number of benzene rings is 1. The standard InChI is InChI=1S/C13H20FNO2/c1-13(10-16,15-7-8-17-2)9-11-3-5-12(14)6-4-11/h3-6,15-16H,7-10H2,1-2H3. The van der Waals surface area contributed by atoms with Gasteiger partial charge in [0.2, 0.25) is 0 Å². The number of halogens is 1. The summed E-state index contributed by atoms with van der Waals surface area (Å²) < 4.78 is 17.7. The van der Waals surface area contributed by atoms with Crippen molar-refractivity contribution in [1.29, 1.82) is 0 Å². The Labute approximate surface area is 102 Å². The number of rotatable bonds is 7. The zero-order valence-electron chi connectivity index (χ0n) is 10.4. The van der Waals surface area contributed by atoms with Gasteiger partial charge in [-0.2, -0.15) is 0 Å². The van der Waals surface area contributed by atoms with Crippen molar-refractivity contribution in [2.45, 2.75) is 18.9 Å². The minimum atomic E-state index is -0.406. The van der Waals surface area contributed by atoms with E-state index in [1.807, 2.05) is 6.92 Å².